The molecule has 0 aliphatic rings. The van der Waals surface area contributed by atoms with Crippen molar-refractivity contribution < 1.29 is 8.78 Å². The van der Waals surface area contributed by atoms with Crippen molar-refractivity contribution in [2.45, 2.75) is 0 Å². The highest BCUT2D eigenvalue weighted by Gasteiger charge is 2.04. The van der Waals surface area contributed by atoms with E-state index in [4.69, 9.17) is 17.3 Å². The lowest BCUT2D eigenvalue weighted by Crippen LogP contribution is -1.94. The summed E-state index contributed by atoms with van der Waals surface area (Å²) in [4.78, 5) is 0. The first kappa shape index (κ1) is 9.82. The molecule has 4 heteroatoms. The van der Waals surface area contributed by atoms with E-state index in [1.807, 2.05) is 0 Å². The van der Waals surface area contributed by atoms with Crippen molar-refractivity contribution in [1.82, 2.24) is 0 Å². The molecule has 0 bridgehead atoms. The molecule has 0 radical (unpaired) electrons. The molecule has 1 nitrogen and oxygen atoms in total. The molecule has 0 saturated heterocycles. The zero-order valence-corrected chi connectivity index (χ0v) is 7.33. The van der Waals surface area contributed by atoms with Crippen LogP contribution in [0, 0.1) is 23.5 Å². The lowest BCUT2D eigenvalue weighted by Gasteiger charge is -1.98. The Morgan fingerprint density at radius 1 is 1.31 bits per heavy atom. The van der Waals surface area contributed by atoms with E-state index in [0.29, 0.717) is 0 Å². The van der Waals surface area contributed by atoms with Crippen molar-refractivity contribution in [1.29, 1.82) is 0 Å². The van der Waals surface area contributed by atoms with Crippen LogP contribution in [-0.2, 0) is 0 Å². The lowest BCUT2D eigenvalue weighted by molar-refractivity contribution is 0.601. The van der Waals surface area contributed by atoms with Crippen LogP contribution in [-0.4, -0.2) is 5.88 Å². The summed E-state index contributed by atoms with van der Waals surface area (Å²) >= 11 is 5.26. The summed E-state index contributed by atoms with van der Waals surface area (Å²) in [7, 11) is 0. The fraction of sp³-hybridized carbons (Fsp3) is 0.111. The number of halogens is 3. The number of nitrogens with two attached hydrogens (primary N) is 1. The van der Waals surface area contributed by atoms with E-state index in [9.17, 15) is 8.78 Å². The number of rotatable bonds is 0. The second-order valence-corrected chi connectivity index (χ2v) is 2.56. The molecular weight excluding hydrogens is 196 g/mol. The Morgan fingerprint density at radius 3 is 2.62 bits per heavy atom. The summed E-state index contributed by atoms with van der Waals surface area (Å²) < 4.78 is 25.8. The predicted molar refractivity (Wildman–Crippen MR) is 48.4 cm³/mol. The molecule has 0 aromatic heterocycles. The van der Waals surface area contributed by atoms with Crippen LogP contribution in [0.4, 0.5) is 14.5 Å². The van der Waals surface area contributed by atoms with E-state index in [1.165, 1.54) is 0 Å². The Hall–Kier alpha value is -1.27. The van der Waals surface area contributed by atoms with Gasteiger partial charge >= 0.3 is 0 Å². The van der Waals surface area contributed by atoms with Crippen molar-refractivity contribution >= 4 is 17.3 Å². The summed E-state index contributed by atoms with van der Waals surface area (Å²) in [5.41, 5.74) is 4.87. The highest BCUT2D eigenvalue weighted by Crippen LogP contribution is 2.15. The van der Waals surface area contributed by atoms with Crippen LogP contribution in [0.15, 0.2) is 12.1 Å². The summed E-state index contributed by atoms with van der Waals surface area (Å²) in [6, 6.07) is 1.85. The summed E-state index contributed by atoms with van der Waals surface area (Å²) in [5, 5.41) is 0. The molecule has 1 aromatic rings. The van der Waals surface area contributed by atoms with Crippen LogP contribution in [0.1, 0.15) is 5.56 Å². The highest BCUT2D eigenvalue weighted by molar-refractivity contribution is 6.19. The summed E-state index contributed by atoms with van der Waals surface area (Å²) in [6.45, 7) is 0. The Bertz CT molecular complexity index is 379. The van der Waals surface area contributed by atoms with Gasteiger partial charge in [-0.15, -0.1) is 11.6 Å². The maximum Gasteiger partial charge on any atom is 0.147 e. The topological polar surface area (TPSA) is 26.0 Å². The summed E-state index contributed by atoms with van der Waals surface area (Å²) in [6.07, 6.45) is 0. The van der Waals surface area contributed by atoms with Crippen LogP contribution in [0.5, 0.6) is 0 Å². The molecule has 0 saturated carbocycles. The average molecular weight is 202 g/mol. The largest absolute Gasteiger partial charge is 0.396 e. The molecule has 0 spiro atoms. The second kappa shape index (κ2) is 4.11. The van der Waals surface area contributed by atoms with Gasteiger partial charge in [-0.25, -0.2) is 8.78 Å². The predicted octanol–water partition coefficient (Wildman–Crippen LogP) is 2.14. The molecule has 1 rings (SSSR count). The lowest BCUT2D eigenvalue weighted by atomic mass is 10.2. The zero-order valence-electron chi connectivity index (χ0n) is 6.57. The third-order valence-corrected chi connectivity index (χ3v) is 1.51. The molecular formula is C9H6ClF2N. The third kappa shape index (κ3) is 2.33. The van der Waals surface area contributed by atoms with Gasteiger partial charge in [0.25, 0.3) is 0 Å². The van der Waals surface area contributed by atoms with E-state index < -0.39 is 11.6 Å². The van der Waals surface area contributed by atoms with E-state index in [0.717, 1.165) is 12.1 Å². The molecule has 0 aliphatic heterocycles. The van der Waals surface area contributed by atoms with Gasteiger partial charge < -0.3 is 5.73 Å². The minimum atomic E-state index is -0.680. The normalized spacial score (nSPS) is 9.15. The number of hydrogen-bond donors (Lipinski definition) is 1. The van der Waals surface area contributed by atoms with Gasteiger partial charge in [0.1, 0.15) is 11.6 Å². The molecule has 0 amide bonds. The molecule has 68 valence electrons. The molecule has 0 heterocycles. The number of benzene rings is 1. The van der Waals surface area contributed by atoms with Crippen LogP contribution >= 0.6 is 11.6 Å². The maximum absolute atomic E-state index is 13.0. The van der Waals surface area contributed by atoms with Gasteiger partial charge in [0.2, 0.25) is 0 Å². The smallest absolute Gasteiger partial charge is 0.147 e. The van der Waals surface area contributed by atoms with E-state index in [-0.39, 0.29) is 17.1 Å². The SMILES string of the molecule is Nc1cc(F)c(C#CCCl)cc1F. The second-order valence-electron chi connectivity index (χ2n) is 2.29. The quantitative estimate of drug-likeness (QED) is 0.389. The zero-order chi connectivity index (χ0) is 9.84. The minimum absolute atomic E-state index is 0.0349. The maximum atomic E-state index is 13.0. The Labute approximate surface area is 79.5 Å². The van der Waals surface area contributed by atoms with E-state index in [1.54, 1.807) is 0 Å². The molecule has 0 aliphatic carbocycles. The summed E-state index contributed by atoms with van der Waals surface area (Å²) in [5.74, 6) is 3.55. The third-order valence-electron chi connectivity index (χ3n) is 1.38. The van der Waals surface area contributed by atoms with Crippen LogP contribution in [0.2, 0.25) is 0 Å². The first-order valence-electron chi connectivity index (χ1n) is 3.44. The molecule has 0 unspecified atom stereocenters. The van der Waals surface area contributed by atoms with Gasteiger partial charge in [-0.1, -0.05) is 11.8 Å². The first-order valence-corrected chi connectivity index (χ1v) is 3.98. The highest BCUT2D eigenvalue weighted by atomic mass is 35.5. The van der Waals surface area contributed by atoms with Crippen molar-refractivity contribution in [3.05, 3.63) is 29.3 Å². The van der Waals surface area contributed by atoms with Crippen molar-refractivity contribution in [3.8, 4) is 11.8 Å². The fourth-order valence-electron chi connectivity index (χ4n) is 0.787. The van der Waals surface area contributed by atoms with E-state index in [2.05, 4.69) is 11.8 Å². The Balaban J connectivity index is 3.16. The van der Waals surface area contributed by atoms with Crippen LogP contribution < -0.4 is 5.73 Å². The standard InChI is InChI=1S/C9H6ClF2N/c10-3-1-2-6-4-8(12)9(13)5-7(6)11/h4-5H,3,13H2. The minimum Gasteiger partial charge on any atom is -0.396 e. The molecule has 2 N–H and O–H groups in total. The fourth-order valence-corrected chi connectivity index (χ4v) is 0.853. The number of nitrogen functional groups attached to an aromatic ring is 1. The number of alkyl halides is 1. The molecule has 13 heavy (non-hydrogen) atoms. The number of hydrogen-bond acceptors (Lipinski definition) is 1. The van der Waals surface area contributed by atoms with Gasteiger partial charge in [-0.3, -0.25) is 0 Å². The molecule has 0 atom stereocenters. The Morgan fingerprint density at radius 2 is 2.00 bits per heavy atom. The van der Waals surface area contributed by atoms with Crippen LogP contribution in [0.3, 0.4) is 0 Å². The molecule has 1 aromatic carbocycles. The average Bonchev–Trinajstić information content (AvgIpc) is 2.09. The van der Waals surface area contributed by atoms with Gasteiger partial charge in [0, 0.05) is 6.07 Å². The van der Waals surface area contributed by atoms with Gasteiger partial charge in [-0.2, -0.15) is 0 Å². The molecule has 0 fully saturated rings. The Kier molecular flexibility index (Phi) is 3.10. The van der Waals surface area contributed by atoms with Gasteiger partial charge in [-0.05, 0) is 6.07 Å². The van der Waals surface area contributed by atoms with Crippen molar-refractivity contribution in [2.75, 3.05) is 11.6 Å². The first-order chi connectivity index (χ1) is 6.15. The monoisotopic (exact) mass is 201 g/mol. The number of anilines is 1. The van der Waals surface area contributed by atoms with Crippen molar-refractivity contribution in [3.63, 3.8) is 0 Å². The van der Waals surface area contributed by atoms with E-state index >= 15 is 0 Å². The van der Waals surface area contributed by atoms with Crippen molar-refractivity contribution in [2.24, 2.45) is 0 Å². The van der Waals surface area contributed by atoms with Gasteiger partial charge in [0.15, 0.2) is 0 Å². The van der Waals surface area contributed by atoms with Crippen LogP contribution in [0.25, 0.3) is 0 Å². The van der Waals surface area contributed by atoms with Gasteiger partial charge in [0.05, 0.1) is 17.1 Å².